The Balaban J connectivity index is 1.86. The van der Waals surface area contributed by atoms with Crippen molar-refractivity contribution in [3.8, 4) is 10.7 Å². The van der Waals surface area contributed by atoms with Crippen LogP contribution in [0.3, 0.4) is 0 Å². The van der Waals surface area contributed by atoms with Gasteiger partial charge in [0.2, 0.25) is 0 Å². The van der Waals surface area contributed by atoms with Gasteiger partial charge in [0.1, 0.15) is 5.69 Å². The Kier molecular flexibility index (Phi) is 4.27. The van der Waals surface area contributed by atoms with Crippen molar-refractivity contribution in [1.29, 1.82) is 0 Å². The summed E-state index contributed by atoms with van der Waals surface area (Å²) in [5.41, 5.74) is 1.14. The van der Waals surface area contributed by atoms with Crippen LogP contribution in [0, 0.1) is 0 Å². The fraction of sp³-hybridized carbons (Fsp3) is 0.429. The highest BCUT2D eigenvalue weighted by molar-refractivity contribution is 9.10. The molecule has 10 heteroatoms. The second kappa shape index (κ2) is 6.41. The van der Waals surface area contributed by atoms with Crippen molar-refractivity contribution in [3.63, 3.8) is 0 Å². The Hall–Kier alpha value is -1.52. The van der Waals surface area contributed by atoms with Crippen molar-refractivity contribution in [2.75, 3.05) is 6.61 Å². The van der Waals surface area contributed by atoms with Gasteiger partial charge in [-0.15, -0.1) is 10.2 Å². The first-order valence-electron chi connectivity index (χ1n) is 7.41. The van der Waals surface area contributed by atoms with Crippen LogP contribution in [0.25, 0.3) is 21.7 Å². The molecule has 4 rings (SSSR count). The lowest BCUT2D eigenvalue weighted by molar-refractivity contribution is -0.0368. The maximum Gasteiger partial charge on any atom is 0.291 e. The topological polar surface area (TPSA) is 65.7 Å². The zero-order chi connectivity index (χ0) is 16.7. The maximum atomic E-state index is 12.8. The van der Waals surface area contributed by atoms with Gasteiger partial charge in [0.25, 0.3) is 6.43 Å². The number of rotatable bonds is 3. The molecule has 0 amide bonds. The summed E-state index contributed by atoms with van der Waals surface area (Å²) in [4.78, 5) is 4.43. The zero-order valence-corrected chi connectivity index (χ0v) is 14.7. The summed E-state index contributed by atoms with van der Waals surface area (Å²) >= 11 is 4.23. The lowest BCUT2D eigenvalue weighted by Gasteiger charge is -2.22. The van der Waals surface area contributed by atoms with Gasteiger partial charge in [0, 0.05) is 17.3 Å². The molecule has 1 aliphatic rings. The number of ether oxygens (including phenoxy) is 1. The van der Waals surface area contributed by atoms with Gasteiger partial charge in [-0.3, -0.25) is 0 Å². The molecule has 0 saturated carbocycles. The normalized spacial score (nSPS) is 18.6. The van der Waals surface area contributed by atoms with Crippen LogP contribution in [0.4, 0.5) is 8.78 Å². The molecule has 1 unspecified atom stereocenters. The van der Waals surface area contributed by atoms with E-state index in [-0.39, 0.29) is 11.2 Å². The first-order valence-corrected chi connectivity index (χ1v) is 9.01. The lowest BCUT2D eigenvalue weighted by atomic mass is 10.2. The van der Waals surface area contributed by atoms with Gasteiger partial charge in [-0.2, -0.15) is 5.10 Å². The van der Waals surface area contributed by atoms with Crippen molar-refractivity contribution in [2.24, 2.45) is 0 Å². The highest BCUT2D eigenvalue weighted by Crippen LogP contribution is 2.35. The molecule has 0 N–H and O–H groups in total. The monoisotopic (exact) mass is 415 g/mol. The number of hydrogen-bond acceptors (Lipinski definition) is 6. The molecular weight excluding hydrogens is 404 g/mol. The molecule has 24 heavy (non-hydrogen) atoms. The summed E-state index contributed by atoms with van der Waals surface area (Å²) in [6.07, 6.45) is 1.74. The SMILES string of the molecule is FC(F)c1nnc(-c2nn(C3CCCCO3)c3ncc(Br)cc23)s1. The Morgan fingerprint density at radius 3 is 2.92 bits per heavy atom. The van der Waals surface area contributed by atoms with Gasteiger partial charge < -0.3 is 4.74 Å². The van der Waals surface area contributed by atoms with Crippen LogP contribution >= 0.6 is 27.3 Å². The molecule has 6 nitrogen and oxygen atoms in total. The highest BCUT2D eigenvalue weighted by atomic mass is 79.9. The molecular formula is C14H12BrF2N5OS. The first kappa shape index (κ1) is 16.0. The van der Waals surface area contributed by atoms with Crippen LogP contribution in [-0.2, 0) is 4.74 Å². The van der Waals surface area contributed by atoms with Crippen LogP contribution in [-0.4, -0.2) is 31.6 Å². The van der Waals surface area contributed by atoms with Gasteiger partial charge in [-0.1, -0.05) is 11.3 Å². The van der Waals surface area contributed by atoms with E-state index in [1.807, 2.05) is 6.07 Å². The third-order valence-corrected chi connectivity index (χ3v) is 5.14. The van der Waals surface area contributed by atoms with Crippen LogP contribution in [0.15, 0.2) is 16.7 Å². The van der Waals surface area contributed by atoms with E-state index in [4.69, 9.17) is 4.74 Å². The molecule has 3 aromatic heterocycles. The van der Waals surface area contributed by atoms with E-state index in [0.29, 0.717) is 23.0 Å². The minimum atomic E-state index is -2.64. The second-order valence-corrected chi connectivity index (χ2v) is 7.31. The van der Waals surface area contributed by atoms with E-state index in [1.54, 1.807) is 10.9 Å². The number of nitrogens with zero attached hydrogens (tertiary/aromatic N) is 5. The molecule has 0 aliphatic carbocycles. The predicted molar refractivity (Wildman–Crippen MR) is 87.9 cm³/mol. The number of halogens is 3. The van der Waals surface area contributed by atoms with Crippen molar-refractivity contribution in [1.82, 2.24) is 25.0 Å². The molecule has 3 aromatic rings. The minimum Gasteiger partial charge on any atom is -0.356 e. The minimum absolute atomic E-state index is 0.203. The molecule has 126 valence electrons. The standard InChI is InChI=1S/C14H12BrF2N5OS/c15-7-5-8-10(13-19-20-14(24-13)11(16)17)21-22(12(8)18-6-7)9-3-1-2-4-23-9/h5-6,9,11H,1-4H2. The van der Waals surface area contributed by atoms with E-state index in [2.05, 4.69) is 36.2 Å². The van der Waals surface area contributed by atoms with Gasteiger partial charge in [0.05, 0.1) is 5.39 Å². The number of aromatic nitrogens is 5. The van der Waals surface area contributed by atoms with Crippen LogP contribution in [0.2, 0.25) is 0 Å². The third kappa shape index (κ3) is 2.82. The zero-order valence-electron chi connectivity index (χ0n) is 12.3. The van der Waals surface area contributed by atoms with Gasteiger partial charge in [-0.05, 0) is 41.3 Å². The molecule has 1 saturated heterocycles. The first-order chi connectivity index (χ1) is 11.6. The van der Waals surface area contributed by atoms with Crippen molar-refractivity contribution in [3.05, 3.63) is 21.7 Å². The Morgan fingerprint density at radius 2 is 2.21 bits per heavy atom. The lowest BCUT2D eigenvalue weighted by Crippen LogP contribution is -2.19. The molecule has 0 bridgehead atoms. The number of hydrogen-bond donors (Lipinski definition) is 0. The molecule has 1 fully saturated rings. The van der Waals surface area contributed by atoms with Gasteiger partial charge in [0.15, 0.2) is 21.9 Å². The van der Waals surface area contributed by atoms with E-state index < -0.39 is 6.43 Å². The molecule has 1 aliphatic heterocycles. The van der Waals surface area contributed by atoms with E-state index in [0.717, 1.165) is 40.5 Å². The van der Waals surface area contributed by atoms with Crippen LogP contribution in [0.5, 0.6) is 0 Å². The smallest absolute Gasteiger partial charge is 0.291 e. The average Bonchev–Trinajstić information content (AvgIpc) is 3.20. The van der Waals surface area contributed by atoms with Crippen LogP contribution < -0.4 is 0 Å². The number of alkyl halides is 2. The summed E-state index contributed by atoms with van der Waals surface area (Å²) in [6, 6.07) is 1.85. The van der Waals surface area contributed by atoms with Crippen molar-refractivity contribution in [2.45, 2.75) is 31.9 Å². The second-order valence-electron chi connectivity index (χ2n) is 5.39. The van der Waals surface area contributed by atoms with E-state index >= 15 is 0 Å². The summed E-state index contributed by atoms with van der Waals surface area (Å²) in [7, 11) is 0. The molecule has 4 heterocycles. The van der Waals surface area contributed by atoms with E-state index in [1.165, 1.54) is 0 Å². The van der Waals surface area contributed by atoms with Crippen molar-refractivity contribution < 1.29 is 13.5 Å². The Morgan fingerprint density at radius 1 is 1.33 bits per heavy atom. The largest absolute Gasteiger partial charge is 0.356 e. The van der Waals surface area contributed by atoms with Crippen LogP contribution in [0.1, 0.15) is 36.9 Å². The highest BCUT2D eigenvalue weighted by Gasteiger charge is 2.25. The summed E-state index contributed by atoms with van der Waals surface area (Å²) in [5.74, 6) is 0. The predicted octanol–water partition coefficient (Wildman–Crippen LogP) is 4.35. The number of pyridine rings is 1. The quantitative estimate of drug-likeness (QED) is 0.635. The van der Waals surface area contributed by atoms with Crippen molar-refractivity contribution >= 4 is 38.3 Å². The molecule has 0 spiro atoms. The Bertz CT molecular complexity index is 877. The molecule has 0 aromatic carbocycles. The van der Waals surface area contributed by atoms with Gasteiger partial charge in [-0.25, -0.2) is 18.4 Å². The summed E-state index contributed by atoms with van der Waals surface area (Å²) in [5, 5.41) is 12.8. The fourth-order valence-corrected chi connectivity index (χ4v) is 3.72. The summed E-state index contributed by atoms with van der Waals surface area (Å²) < 4.78 is 33.9. The molecule has 0 radical (unpaired) electrons. The Labute approximate surface area is 148 Å². The number of fused-ring (bicyclic) bond motifs is 1. The summed E-state index contributed by atoms with van der Waals surface area (Å²) in [6.45, 7) is 0.673. The fourth-order valence-electron chi connectivity index (χ4n) is 2.69. The van der Waals surface area contributed by atoms with E-state index in [9.17, 15) is 8.78 Å². The maximum absolute atomic E-state index is 12.8. The molecule has 1 atom stereocenters. The average molecular weight is 416 g/mol. The third-order valence-electron chi connectivity index (χ3n) is 3.77. The van der Waals surface area contributed by atoms with Gasteiger partial charge >= 0.3 is 0 Å².